The molecule has 0 bridgehead atoms. The van der Waals surface area contributed by atoms with E-state index in [9.17, 15) is 4.79 Å². The number of amides is 1. The Hall–Kier alpha value is -0.0400. The summed E-state index contributed by atoms with van der Waals surface area (Å²) in [5.41, 5.74) is 0.944. The van der Waals surface area contributed by atoms with Crippen LogP contribution in [-0.2, 0) is 4.79 Å². The number of carbonyl (C=O) groups excluding carboxylic acids is 1. The van der Waals surface area contributed by atoms with Crippen LogP contribution in [-0.4, -0.2) is 25.5 Å². The molecular formula is C14H19Cl2IN2O. The number of hydrogen-bond donors (Lipinski definition) is 1. The van der Waals surface area contributed by atoms with Crippen molar-refractivity contribution in [3.8, 4) is 0 Å². The molecule has 20 heavy (non-hydrogen) atoms. The minimum atomic E-state index is 0. The molecule has 6 heteroatoms. The molecule has 0 aliphatic carbocycles. The maximum atomic E-state index is 12.6. The predicted octanol–water partition coefficient (Wildman–Crippen LogP) is 3.72. The number of hydrogen-bond acceptors (Lipinski definition) is 2. The van der Waals surface area contributed by atoms with Gasteiger partial charge in [0.05, 0.1) is 5.02 Å². The summed E-state index contributed by atoms with van der Waals surface area (Å²) in [5.74, 6) is 0.386. The van der Waals surface area contributed by atoms with Crippen LogP contribution in [0.25, 0.3) is 0 Å². The molecule has 1 aliphatic rings. The molecule has 0 atom stereocenters. The lowest BCUT2D eigenvalue weighted by Gasteiger charge is -2.29. The van der Waals surface area contributed by atoms with E-state index in [0.29, 0.717) is 6.54 Å². The number of piperidine rings is 1. The molecule has 1 aromatic rings. The Morgan fingerprint density at radius 1 is 1.45 bits per heavy atom. The normalized spacial score (nSPS) is 15.6. The third kappa shape index (κ3) is 4.23. The second-order valence-corrected chi connectivity index (χ2v) is 6.27. The average Bonchev–Trinajstić information content (AvgIpc) is 2.44. The van der Waals surface area contributed by atoms with E-state index in [2.05, 4.69) is 27.9 Å². The quantitative estimate of drug-likeness (QED) is 0.744. The van der Waals surface area contributed by atoms with Crippen molar-refractivity contribution < 1.29 is 4.79 Å². The van der Waals surface area contributed by atoms with Crippen molar-refractivity contribution in [3.63, 3.8) is 0 Å². The smallest absolute Gasteiger partial charge is 0.230 e. The first kappa shape index (κ1) is 18.0. The Kier molecular flexibility index (Phi) is 7.58. The number of halogens is 3. The van der Waals surface area contributed by atoms with Gasteiger partial charge in [-0.05, 0) is 73.6 Å². The molecule has 2 rings (SSSR count). The Bertz CT molecular complexity index is 464. The van der Waals surface area contributed by atoms with Gasteiger partial charge >= 0.3 is 0 Å². The highest BCUT2D eigenvalue weighted by molar-refractivity contribution is 14.1. The van der Waals surface area contributed by atoms with E-state index in [0.717, 1.165) is 40.2 Å². The third-order valence-corrected chi connectivity index (χ3v) is 5.03. The van der Waals surface area contributed by atoms with Crippen LogP contribution in [0, 0.1) is 9.49 Å². The molecule has 0 radical (unpaired) electrons. The molecular weight excluding hydrogens is 410 g/mol. The van der Waals surface area contributed by atoms with Crippen LogP contribution in [0.15, 0.2) is 18.2 Å². The van der Waals surface area contributed by atoms with E-state index < -0.39 is 0 Å². The molecule has 0 unspecified atom stereocenters. The van der Waals surface area contributed by atoms with Crippen molar-refractivity contribution >= 4 is 58.2 Å². The average molecular weight is 429 g/mol. The molecule has 1 aromatic carbocycles. The fourth-order valence-electron chi connectivity index (χ4n) is 2.41. The summed E-state index contributed by atoms with van der Waals surface area (Å²) in [4.78, 5) is 14.5. The van der Waals surface area contributed by atoms with Crippen molar-refractivity contribution in [1.82, 2.24) is 5.32 Å². The molecule has 3 nitrogen and oxygen atoms in total. The number of rotatable bonds is 3. The highest BCUT2D eigenvalue weighted by atomic mass is 127. The number of nitrogens with zero attached hydrogens (tertiary/aromatic N) is 1. The summed E-state index contributed by atoms with van der Waals surface area (Å²) in [7, 11) is 0. The Labute approximate surface area is 145 Å². The minimum absolute atomic E-state index is 0. The SMILES string of the molecule is CCN(C(=O)C1CCNCC1)c1ccc(Cl)c(I)c1.Cl. The van der Waals surface area contributed by atoms with Gasteiger partial charge in [-0.3, -0.25) is 4.79 Å². The Morgan fingerprint density at radius 3 is 2.65 bits per heavy atom. The number of carbonyl (C=O) groups is 1. The monoisotopic (exact) mass is 428 g/mol. The molecule has 1 aliphatic heterocycles. The lowest BCUT2D eigenvalue weighted by Crippen LogP contribution is -2.41. The molecule has 0 saturated carbocycles. The zero-order valence-corrected chi connectivity index (χ0v) is 15.1. The van der Waals surface area contributed by atoms with Crippen LogP contribution in [0.4, 0.5) is 5.69 Å². The number of anilines is 1. The Morgan fingerprint density at radius 2 is 2.10 bits per heavy atom. The van der Waals surface area contributed by atoms with Gasteiger partial charge in [-0.2, -0.15) is 0 Å². The van der Waals surface area contributed by atoms with Gasteiger partial charge in [-0.15, -0.1) is 12.4 Å². The molecule has 0 aromatic heterocycles. The molecule has 1 fully saturated rings. The van der Waals surface area contributed by atoms with Crippen LogP contribution in [0.5, 0.6) is 0 Å². The van der Waals surface area contributed by atoms with Gasteiger partial charge in [-0.1, -0.05) is 11.6 Å². The van der Waals surface area contributed by atoms with E-state index in [1.54, 1.807) is 0 Å². The van der Waals surface area contributed by atoms with E-state index in [4.69, 9.17) is 11.6 Å². The van der Waals surface area contributed by atoms with Crippen LogP contribution in [0.2, 0.25) is 5.02 Å². The zero-order chi connectivity index (χ0) is 13.8. The zero-order valence-electron chi connectivity index (χ0n) is 11.4. The summed E-state index contributed by atoms with van der Waals surface area (Å²) in [6, 6.07) is 5.76. The third-order valence-electron chi connectivity index (χ3n) is 3.49. The van der Waals surface area contributed by atoms with Crippen molar-refractivity contribution in [3.05, 3.63) is 26.8 Å². The molecule has 1 saturated heterocycles. The first-order valence-corrected chi connectivity index (χ1v) is 8.06. The maximum absolute atomic E-state index is 12.6. The van der Waals surface area contributed by atoms with Gasteiger partial charge in [0.15, 0.2) is 0 Å². The lowest BCUT2D eigenvalue weighted by atomic mass is 9.96. The standard InChI is InChI=1S/C14H18ClIN2O.ClH/c1-2-18(11-3-4-12(15)13(16)9-11)14(19)10-5-7-17-8-6-10;/h3-4,9-10,17H,2,5-8H2,1H3;1H. The fourth-order valence-corrected chi connectivity index (χ4v) is 3.02. The molecule has 112 valence electrons. The Balaban J connectivity index is 0.00000200. The molecule has 0 spiro atoms. The van der Waals surface area contributed by atoms with Crippen molar-refractivity contribution in [2.75, 3.05) is 24.5 Å². The summed E-state index contributed by atoms with van der Waals surface area (Å²) in [5, 5.41) is 4.02. The van der Waals surface area contributed by atoms with Crippen LogP contribution < -0.4 is 10.2 Å². The molecule has 1 N–H and O–H groups in total. The molecule has 1 amide bonds. The number of benzene rings is 1. The van der Waals surface area contributed by atoms with Gasteiger partial charge in [0.25, 0.3) is 0 Å². The van der Waals surface area contributed by atoms with E-state index in [1.165, 1.54) is 0 Å². The summed E-state index contributed by atoms with van der Waals surface area (Å²) in [6.07, 6.45) is 1.86. The first-order valence-electron chi connectivity index (χ1n) is 6.60. The second-order valence-electron chi connectivity index (χ2n) is 4.71. The van der Waals surface area contributed by atoms with Crippen LogP contribution in [0.1, 0.15) is 19.8 Å². The number of nitrogens with one attached hydrogen (secondary N) is 1. The van der Waals surface area contributed by atoms with Gasteiger partial charge in [0.1, 0.15) is 0 Å². The molecule has 1 heterocycles. The van der Waals surface area contributed by atoms with Gasteiger partial charge < -0.3 is 10.2 Å². The lowest BCUT2D eigenvalue weighted by molar-refractivity contribution is -0.123. The summed E-state index contributed by atoms with van der Waals surface area (Å²) >= 11 is 8.24. The van der Waals surface area contributed by atoms with Gasteiger partial charge in [-0.25, -0.2) is 0 Å². The van der Waals surface area contributed by atoms with Crippen LogP contribution >= 0.6 is 46.6 Å². The summed E-state index contributed by atoms with van der Waals surface area (Å²) in [6.45, 7) is 4.58. The van der Waals surface area contributed by atoms with E-state index in [1.807, 2.05) is 30.0 Å². The minimum Gasteiger partial charge on any atom is -0.317 e. The van der Waals surface area contributed by atoms with Crippen molar-refractivity contribution in [2.45, 2.75) is 19.8 Å². The predicted molar refractivity (Wildman–Crippen MR) is 95.0 cm³/mol. The first-order chi connectivity index (χ1) is 9.13. The fraction of sp³-hybridized carbons (Fsp3) is 0.500. The van der Waals surface area contributed by atoms with Gasteiger partial charge in [0, 0.05) is 21.7 Å². The second kappa shape index (κ2) is 8.41. The van der Waals surface area contributed by atoms with Crippen molar-refractivity contribution in [1.29, 1.82) is 0 Å². The maximum Gasteiger partial charge on any atom is 0.230 e. The topological polar surface area (TPSA) is 32.3 Å². The largest absolute Gasteiger partial charge is 0.317 e. The van der Waals surface area contributed by atoms with E-state index >= 15 is 0 Å². The summed E-state index contributed by atoms with van der Waals surface area (Å²) < 4.78 is 0.980. The van der Waals surface area contributed by atoms with Crippen molar-refractivity contribution in [2.24, 2.45) is 5.92 Å². The highest BCUT2D eigenvalue weighted by Crippen LogP contribution is 2.26. The van der Waals surface area contributed by atoms with Gasteiger partial charge in [0.2, 0.25) is 5.91 Å². The van der Waals surface area contributed by atoms with E-state index in [-0.39, 0.29) is 24.2 Å². The van der Waals surface area contributed by atoms with Crippen LogP contribution in [0.3, 0.4) is 0 Å². The highest BCUT2D eigenvalue weighted by Gasteiger charge is 2.26.